The van der Waals surface area contributed by atoms with Crippen LogP contribution in [0, 0.1) is 0 Å². The summed E-state index contributed by atoms with van der Waals surface area (Å²) in [5, 5.41) is 13.2. The number of anilines is 1. The van der Waals surface area contributed by atoms with Crippen LogP contribution in [-0.2, 0) is 0 Å². The van der Waals surface area contributed by atoms with E-state index < -0.39 is 0 Å². The number of halogens is 1. The Bertz CT molecular complexity index is 408. The van der Waals surface area contributed by atoms with Crippen molar-refractivity contribution in [3.63, 3.8) is 0 Å². The molecule has 0 aliphatic heterocycles. The van der Waals surface area contributed by atoms with Gasteiger partial charge in [-0.15, -0.1) is 0 Å². The second kappa shape index (κ2) is 5.71. The van der Waals surface area contributed by atoms with Crippen molar-refractivity contribution in [1.29, 1.82) is 0 Å². The number of methoxy groups -OCH3 is 1. The first-order chi connectivity index (χ1) is 8.67. The minimum atomic E-state index is -0.291. The van der Waals surface area contributed by atoms with Gasteiger partial charge in [0, 0.05) is 6.07 Å². The van der Waals surface area contributed by atoms with Gasteiger partial charge in [0.1, 0.15) is 11.0 Å². The van der Waals surface area contributed by atoms with Crippen LogP contribution in [0.1, 0.15) is 32.1 Å². The fourth-order valence-corrected chi connectivity index (χ4v) is 2.55. The molecule has 100 valence electrons. The zero-order valence-corrected chi connectivity index (χ0v) is 11.2. The summed E-state index contributed by atoms with van der Waals surface area (Å²) in [4.78, 5) is 8.12. The average Bonchev–Trinajstić information content (AvgIpc) is 2.39. The zero-order valence-electron chi connectivity index (χ0n) is 10.4. The molecule has 0 atom stereocenters. The van der Waals surface area contributed by atoms with E-state index in [1.54, 1.807) is 6.07 Å². The molecule has 1 saturated carbocycles. The van der Waals surface area contributed by atoms with Crippen LogP contribution >= 0.6 is 11.6 Å². The van der Waals surface area contributed by atoms with Gasteiger partial charge in [-0.1, -0.05) is 30.9 Å². The van der Waals surface area contributed by atoms with Crippen LogP contribution in [0.3, 0.4) is 0 Å². The third kappa shape index (κ3) is 3.03. The van der Waals surface area contributed by atoms with Crippen LogP contribution in [-0.4, -0.2) is 34.3 Å². The van der Waals surface area contributed by atoms with Gasteiger partial charge in [0.25, 0.3) is 0 Å². The van der Waals surface area contributed by atoms with Crippen molar-refractivity contribution in [2.45, 2.75) is 37.6 Å². The highest BCUT2D eigenvalue weighted by atomic mass is 35.5. The van der Waals surface area contributed by atoms with Gasteiger partial charge in [-0.2, -0.15) is 9.97 Å². The third-order valence-electron chi connectivity index (χ3n) is 3.36. The van der Waals surface area contributed by atoms with Crippen molar-refractivity contribution >= 4 is 17.4 Å². The quantitative estimate of drug-likeness (QED) is 0.822. The molecule has 0 radical (unpaired) electrons. The maximum absolute atomic E-state index is 9.63. The lowest BCUT2D eigenvalue weighted by Gasteiger charge is -2.36. The lowest BCUT2D eigenvalue weighted by Crippen LogP contribution is -2.44. The molecule has 0 amide bonds. The van der Waals surface area contributed by atoms with Crippen LogP contribution in [0.15, 0.2) is 6.07 Å². The first-order valence-electron chi connectivity index (χ1n) is 6.15. The first kappa shape index (κ1) is 13.4. The van der Waals surface area contributed by atoms with Gasteiger partial charge in [-0.05, 0) is 12.8 Å². The van der Waals surface area contributed by atoms with Crippen molar-refractivity contribution in [3.05, 3.63) is 11.2 Å². The normalized spacial score (nSPS) is 18.4. The highest BCUT2D eigenvalue weighted by molar-refractivity contribution is 6.29. The lowest BCUT2D eigenvalue weighted by atomic mass is 9.82. The molecule has 1 aromatic heterocycles. The van der Waals surface area contributed by atoms with Crippen LogP contribution in [0.25, 0.3) is 0 Å². The van der Waals surface area contributed by atoms with Crippen molar-refractivity contribution in [2.75, 3.05) is 19.0 Å². The number of hydrogen-bond donors (Lipinski definition) is 2. The Balaban J connectivity index is 2.18. The number of aromatic nitrogens is 2. The number of nitrogens with one attached hydrogen (secondary N) is 1. The van der Waals surface area contributed by atoms with E-state index in [1.165, 1.54) is 13.5 Å². The molecule has 6 heteroatoms. The summed E-state index contributed by atoms with van der Waals surface area (Å²) < 4.78 is 4.98. The van der Waals surface area contributed by atoms with Crippen molar-refractivity contribution < 1.29 is 9.84 Å². The van der Waals surface area contributed by atoms with Crippen LogP contribution in [0.5, 0.6) is 6.01 Å². The molecule has 0 spiro atoms. The van der Waals surface area contributed by atoms with E-state index in [9.17, 15) is 5.11 Å². The van der Waals surface area contributed by atoms with E-state index in [-0.39, 0.29) is 18.2 Å². The minimum Gasteiger partial charge on any atom is -0.467 e. The Kier molecular flexibility index (Phi) is 4.24. The SMILES string of the molecule is COc1nc(Cl)cc(NC2(CO)CCCCC2)n1. The second-order valence-electron chi connectivity index (χ2n) is 4.69. The van der Waals surface area contributed by atoms with E-state index in [0.29, 0.717) is 11.0 Å². The molecule has 0 unspecified atom stereocenters. The molecule has 1 fully saturated rings. The van der Waals surface area contributed by atoms with Gasteiger partial charge in [0.05, 0.1) is 19.3 Å². The molecule has 18 heavy (non-hydrogen) atoms. The molecular formula is C12H18ClN3O2. The summed E-state index contributed by atoms with van der Waals surface area (Å²) in [6.45, 7) is 0.0942. The van der Waals surface area contributed by atoms with E-state index in [2.05, 4.69) is 15.3 Å². The Hall–Kier alpha value is -1.07. The molecule has 1 aliphatic rings. The molecule has 2 N–H and O–H groups in total. The summed E-state index contributed by atoms with van der Waals surface area (Å²) in [6, 6.07) is 1.88. The minimum absolute atomic E-state index is 0.0942. The summed E-state index contributed by atoms with van der Waals surface area (Å²) in [7, 11) is 1.50. The van der Waals surface area contributed by atoms with Crippen LogP contribution in [0.2, 0.25) is 5.15 Å². The largest absolute Gasteiger partial charge is 0.467 e. The van der Waals surface area contributed by atoms with E-state index >= 15 is 0 Å². The monoisotopic (exact) mass is 271 g/mol. The van der Waals surface area contributed by atoms with Crippen molar-refractivity contribution in [3.8, 4) is 6.01 Å². The maximum atomic E-state index is 9.63. The summed E-state index contributed by atoms with van der Waals surface area (Å²) in [5.74, 6) is 0.600. The van der Waals surface area contributed by atoms with Crippen molar-refractivity contribution in [1.82, 2.24) is 9.97 Å². The highest BCUT2D eigenvalue weighted by Crippen LogP contribution is 2.31. The van der Waals surface area contributed by atoms with Gasteiger partial charge < -0.3 is 15.2 Å². The topological polar surface area (TPSA) is 67.3 Å². The number of rotatable bonds is 4. The van der Waals surface area contributed by atoms with Crippen LogP contribution < -0.4 is 10.1 Å². The number of hydrogen-bond acceptors (Lipinski definition) is 5. The summed E-state index contributed by atoms with van der Waals surface area (Å²) in [6.07, 6.45) is 5.32. The Morgan fingerprint density at radius 3 is 2.72 bits per heavy atom. The predicted molar refractivity (Wildman–Crippen MR) is 70.1 cm³/mol. The Morgan fingerprint density at radius 2 is 2.11 bits per heavy atom. The zero-order chi connectivity index (χ0) is 13.0. The molecule has 5 nitrogen and oxygen atoms in total. The Morgan fingerprint density at radius 1 is 1.39 bits per heavy atom. The van der Waals surface area contributed by atoms with Gasteiger partial charge in [-0.3, -0.25) is 0 Å². The maximum Gasteiger partial charge on any atom is 0.319 e. The van der Waals surface area contributed by atoms with E-state index in [4.69, 9.17) is 16.3 Å². The first-order valence-corrected chi connectivity index (χ1v) is 6.53. The average molecular weight is 272 g/mol. The van der Waals surface area contributed by atoms with E-state index in [1.807, 2.05) is 0 Å². The van der Waals surface area contributed by atoms with E-state index in [0.717, 1.165) is 25.7 Å². The van der Waals surface area contributed by atoms with Gasteiger partial charge in [-0.25, -0.2) is 0 Å². The predicted octanol–water partition coefficient (Wildman–Crippen LogP) is 2.25. The lowest BCUT2D eigenvalue weighted by molar-refractivity contribution is 0.172. The number of ether oxygens (including phenoxy) is 1. The fourth-order valence-electron chi connectivity index (χ4n) is 2.37. The Labute approximate surface area is 112 Å². The molecule has 2 rings (SSSR count). The second-order valence-corrected chi connectivity index (χ2v) is 5.07. The molecule has 0 saturated heterocycles. The van der Waals surface area contributed by atoms with Crippen LogP contribution in [0.4, 0.5) is 5.82 Å². The summed E-state index contributed by atoms with van der Waals surface area (Å²) >= 11 is 5.90. The standard InChI is InChI=1S/C12H18ClN3O2/c1-18-11-14-9(13)7-10(15-11)16-12(8-17)5-3-2-4-6-12/h7,17H,2-6,8H2,1H3,(H,14,15,16). The third-order valence-corrected chi connectivity index (χ3v) is 3.56. The number of nitrogens with zero attached hydrogens (tertiary/aromatic N) is 2. The smallest absolute Gasteiger partial charge is 0.319 e. The van der Waals surface area contributed by atoms with Gasteiger partial charge in [0.2, 0.25) is 0 Å². The molecule has 1 heterocycles. The van der Waals surface area contributed by atoms with Gasteiger partial charge in [0.15, 0.2) is 0 Å². The molecule has 0 bridgehead atoms. The molecular weight excluding hydrogens is 254 g/mol. The van der Waals surface area contributed by atoms with Crippen molar-refractivity contribution in [2.24, 2.45) is 0 Å². The fraction of sp³-hybridized carbons (Fsp3) is 0.667. The molecule has 1 aromatic rings. The number of aliphatic hydroxyl groups is 1. The summed E-state index contributed by atoms with van der Waals surface area (Å²) in [5.41, 5.74) is -0.291. The molecule has 0 aromatic carbocycles. The molecule has 1 aliphatic carbocycles. The number of aliphatic hydroxyl groups excluding tert-OH is 1. The highest BCUT2D eigenvalue weighted by Gasteiger charge is 2.31. The van der Waals surface area contributed by atoms with Gasteiger partial charge >= 0.3 is 6.01 Å².